The summed E-state index contributed by atoms with van der Waals surface area (Å²) < 4.78 is 14.6. The highest BCUT2D eigenvalue weighted by atomic mass is 79.9. The van der Waals surface area contributed by atoms with E-state index in [0.29, 0.717) is 31.2 Å². The number of benzene rings is 1. The number of nitrogens with zero attached hydrogens (tertiary/aromatic N) is 3. The maximum absolute atomic E-state index is 9.90. The molecule has 0 radical (unpaired) electrons. The second-order valence-corrected chi connectivity index (χ2v) is 17.1. The van der Waals surface area contributed by atoms with Crippen molar-refractivity contribution < 1.29 is 14.3 Å². The molecule has 0 aliphatic carbocycles. The highest BCUT2D eigenvalue weighted by Crippen LogP contribution is 2.38. The van der Waals surface area contributed by atoms with Gasteiger partial charge in [-0.05, 0) is 70.3 Å². The molecule has 37 heavy (non-hydrogen) atoms. The highest BCUT2D eigenvalue weighted by Gasteiger charge is 2.39. The van der Waals surface area contributed by atoms with E-state index in [0.717, 1.165) is 39.1 Å². The van der Waals surface area contributed by atoms with E-state index in [-0.39, 0.29) is 17.1 Å². The van der Waals surface area contributed by atoms with Crippen LogP contribution in [0.5, 0.6) is 5.75 Å². The number of nitrogens with two attached hydrogens (primary N) is 1. The second kappa shape index (κ2) is 10.4. The Morgan fingerprint density at radius 1 is 1.32 bits per heavy atom. The Labute approximate surface area is 228 Å². The largest absolute Gasteiger partial charge is 0.543 e. The summed E-state index contributed by atoms with van der Waals surface area (Å²) in [5.41, 5.74) is 10.6. The van der Waals surface area contributed by atoms with E-state index in [4.69, 9.17) is 19.9 Å². The van der Waals surface area contributed by atoms with Crippen LogP contribution in [0.3, 0.4) is 0 Å². The number of amidine groups is 1. The Bertz CT molecular complexity index is 1310. The number of aryl methyl sites for hydroxylation is 1. The van der Waals surface area contributed by atoms with Crippen LogP contribution >= 0.6 is 15.9 Å². The summed E-state index contributed by atoms with van der Waals surface area (Å²) in [5.74, 6) is 1.24. The van der Waals surface area contributed by atoms with Gasteiger partial charge in [0.1, 0.15) is 11.6 Å². The van der Waals surface area contributed by atoms with Crippen molar-refractivity contribution in [2.45, 2.75) is 52.2 Å². The van der Waals surface area contributed by atoms with Crippen molar-refractivity contribution in [1.29, 1.82) is 0 Å². The number of aliphatic imine (C=N–C) groups is 1. The highest BCUT2D eigenvalue weighted by molar-refractivity contribution is 9.10. The predicted octanol–water partition coefficient (Wildman–Crippen LogP) is 5.50. The van der Waals surface area contributed by atoms with Gasteiger partial charge in [-0.15, -0.1) is 0 Å². The lowest BCUT2D eigenvalue weighted by Crippen LogP contribution is -2.50. The molecule has 200 valence electrons. The Morgan fingerprint density at radius 3 is 2.65 bits per heavy atom. The molecule has 1 aliphatic rings. The van der Waals surface area contributed by atoms with Crippen LogP contribution in [0.4, 0.5) is 11.4 Å². The number of nitrogens with one attached hydrogen (secondary N) is 1. The van der Waals surface area contributed by atoms with Gasteiger partial charge < -0.3 is 25.3 Å². The van der Waals surface area contributed by atoms with Gasteiger partial charge in [-0.1, -0.05) is 27.7 Å². The normalized spacial score (nSPS) is 16.1. The Balaban J connectivity index is 1.69. The first-order valence-corrected chi connectivity index (χ1v) is 16.3. The van der Waals surface area contributed by atoms with Crippen LogP contribution in [0.25, 0.3) is 5.52 Å². The van der Waals surface area contributed by atoms with Crippen molar-refractivity contribution in [3.8, 4) is 5.75 Å². The van der Waals surface area contributed by atoms with E-state index in [9.17, 15) is 5.11 Å². The van der Waals surface area contributed by atoms with Crippen molar-refractivity contribution in [3.05, 3.63) is 52.3 Å². The molecule has 3 heterocycles. The van der Waals surface area contributed by atoms with Crippen LogP contribution in [0, 0.1) is 5.41 Å². The summed E-state index contributed by atoms with van der Waals surface area (Å²) in [6.07, 6.45) is 4.42. The first kappa shape index (κ1) is 27.6. The fourth-order valence-electron chi connectivity index (χ4n) is 3.98. The minimum Gasteiger partial charge on any atom is -0.543 e. The van der Waals surface area contributed by atoms with Gasteiger partial charge in [0.15, 0.2) is 0 Å². The van der Waals surface area contributed by atoms with Crippen molar-refractivity contribution in [3.63, 3.8) is 0 Å². The standard InChI is InChI=1S/C27H38BrN5O3Si/c1-7-18-10-20(36-37(5,6)26(2,3)4)8-9-22(18)32-25(29)21-12-31-33-13-19(28)11-23(33)24(21)30-14-27(15-34)16-35-17-27/h8-13,30,34H,7,14-17H2,1-6H3,(H2,29,32). The summed E-state index contributed by atoms with van der Waals surface area (Å²) in [7, 11) is -1.95. The fraction of sp³-hybridized carbons (Fsp3) is 0.481. The van der Waals surface area contributed by atoms with E-state index in [1.807, 2.05) is 24.4 Å². The molecule has 10 heteroatoms. The zero-order valence-corrected chi connectivity index (χ0v) is 25.1. The molecular weight excluding hydrogens is 550 g/mol. The number of fused-ring (bicyclic) bond motifs is 1. The molecule has 3 aromatic rings. The van der Waals surface area contributed by atoms with E-state index < -0.39 is 8.32 Å². The van der Waals surface area contributed by atoms with Gasteiger partial charge in [-0.25, -0.2) is 9.51 Å². The molecule has 8 nitrogen and oxygen atoms in total. The summed E-state index contributed by atoms with van der Waals surface area (Å²) in [4.78, 5) is 4.83. The van der Waals surface area contributed by atoms with Crippen LogP contribution < -0.4 is 15.5 Å². The van der Waals surface area contributed by atoms with Gasteiger partial charge in [0.2, 0.25) is 8.32 Å². The first-order valence-electron chi connectivity index (χ1n) is 12.6. The number of aromatic nitrogens is 2. The lowest BCUT2D eigenvalue weighted by molar-refractivity contribution is -0.128. The number of aliphatic hydroxyl groups is 1. The van der Waals surface area contributed by atoms with Crippen LogP contribution in [0.1, 0.15) is 38.8 Å². The maximum atomic E-state index is 9.90. The van der Waals surface area contributed by atoms with E-state index in [2.05, 4.69) is 73.2 Å². The monoisotopic (exact) mass is 587 g/mol. The minimum atomic E-state index is -1.95. The topological polar surface area (TPSA) is 106 Å². The number of halogens is 1. The van der Waals surface area contributed by atoms with Crippen molar-refractivity contribution >= 4 is 47.0 Å². The molecule has 0 amide bonds. The zero-order chi connectivity index (χ0) is 27.0. The van der Waals surface area contributed by atoms with Gasteiger partial charge in [0.25, 0.3) is 0 Å². The molecule has 0 bridgehead atoms. The number of anilines is 1. The lowest BCUT2D eigenvalue weighted by atomic mass is 9.87. The third-order valence-electron chi connectivity index (χ3n) is 7.52. The van der Waals surface area contributed by atoms with Crippen molar-refractivity contribution in [2.75, 3.05) is 31.7 Å². The number of rotatable bonds is 9. The Morgan fingerprint density at radius 2 is 2.05 bits per heavy atom. The SMILES string of the molecule is CCc1cc(O[Si](C)(C)C(C)(C)C)ccc1N=C(N)c1cnn2cc(Br)cc2c1NCC1(CO)COC1. The maximum Gasteiger partial charge on any atom is 0.250 e. The Hall–Kier alpha value is -2.40. The molecule has 0 unspecified atom stereocenters. The summed E-state index contributed by atoms with van der Waals surface area (Å²) in [6, 6.07) is 8.03. The molecule has 4 rings (SSSR count). The average Bonchev–Trinajstić information content (AvgIpc) is 3.19. The third-order valence-corrected chi connectivity index (χ3v) is 12.3. The van der Waals surface area contributed by atoms with Crippen LogP contribution in [0.2, 0.25) is 18.1 Å². The van der Waals surface area contributed by atoms with Crippen LogP contribution in [0.15, 0.2) is 46.1 Å². The molecule has 2 aromatic heterocycles. The summed E-state index contributed by atoms with van der Waals surface area (Å²) in [5, 5.41) is 18.1. The minimum absolute atomic E-state index is 0.0497. The Kier molecular flexibility index (Phi) is 7.76. The van der Waals surface area contributed by atoms with E-state index >= 15 is 0 Å². The summed E-state index contributed by atoms with van der Waals surface area (Å²) >= 11 is 3.54. The molecule has 0 atom stereocenters. The molecular formula is C27H38BrN5O3Si. The zero-order valence-electron chi connectivity index (χ0n) is 22.6. The molecule has 1 fully saturated rings. The number of ether oxygens (including phenoxy) is 1. The molecule has 0 spiro atoms. The van der Waals surface area contributed by atoms with Gasteiger partial charge in [0, 0.05) is 17.2 Å². The van der Waals surface area contributed by atoms with Gasteiger partial charge in [-0.2, -0.15) is 5.10 Å². The molecule has 1 aliphatic heterocycles. The predicted molar refractivity (Wildman–Crippen MR) is 156 cm³/mol. The van der Waals surface area contributed by atoms with Crippen molar-refractivity contribution in [1.82, 2.24) is 9.61 Å². The molecule has 0 saturated carbocycles. The lowest BCUT2D eigenvalue weighted by Gasteiger charge is -2.40. The van der Waals surface area contributed by atoms with E-state index in [1.54, 1.807) is 10.7 Å². The summed E-state index contributed by atoms with van der Waals surface area (Å²) in [6.45, 7) is 14.9. The first-order chi connectivity index (χ1) is 17.4. The number of aliphatic hydroxyl groups excluding tert-OH is 1. The van der Waals surface area contributed by atoms with Gasteiger partial charge >= 0.3 is 0 Å². The molecule has 1 saturated heterocycles. The van der Waals surface area contributed by atoms with E-state index in [1.165, 1.54) is 0 Å². The van der Waals surface area contributed by atoms with Crippen molar-refractivity contribution in [2.24, 2.45) is 16.1 Å². The smallest absolute Gasteiger partial charge is 0.250 e. The molecule has 1 aromatic carbocycles. The second-order valence-electron chi connectivity index (χ2n) is 11.4. The third kappa shape index (κ3) is 5.72. The van der Waals surface area contributed by atoms with Crippen LogP contribution in [-0.2, 0) is 11.2 Å². The molecule has 4 N–H and O–H groups in total. The van der Waals surface area contributed by atoms with Gasteiger partial charge in [-0.3, -0.25) is 0 Å². The quantitative estimate of drug-likeness (QED) is 0.173. The number of hydrogen-bond acceptors (Lipinski definition) is 6. The average molecular weight is 589 g/mol. The van der Waals surface area contributed by atoms with Crippen LogP contribution in [-0.4, -0.2) is 55.2 Å². The van der Waals surface area contributed by atoms with Gasteiger partial charge in [0.05, 0.1) is 53.9 Å². The fourth-order valence-corrected chi connectivity index (χ4v) is 5.41. The number of hydrogen-bond donors (Lipinski definition) is 3.